The molecule has 2 aromatic carbocycles. The van der Waals surface area contributed by atoms with Gasteiger partial charge in [0.05, 0.1) is 15.9 Å². The molecule has 2 aromatic heterocycles. The highest BCUT2D eigenvalue weighted by atomic mass is 32.1. The first-order valence-electron chi connectivity index (χ1n) is 8.24. The van der Waals surface area contributed by atoms with Crippen molar-refractivity contribution in [1.82, 2.24) is 10.1 Å². The fourth-order valence-corrected chi connectivity index (χ4v) is 4.04. The lowest BCUT2D eigenvalue weighted by atomic mass is 10.1. The molecule has 4 aromatic rings. The standard InChI is InChI=1S/C20H17N3O2S/c1-11-9-12(2)17-15(10-11)26-20(21-17)22-19(24)16-13(3)23-25-18(16)14-7-5-4-6-8-14/h4-10H,1-3H3,(H,21,22,24). The van der Waals surface area contributed by atoms with Crippen molar-refractivity contribution in [2.45, 2.75) is 20.8 Å². The topological polar surface area (TPSA) is 68.0 Å². The van der Waals surface area contributed by atoms with Crippen LogP contribution in [0.1, 0.15) is 27.2 Å². The molecular weight excluding hydrogens is 346 g/mol. The fourth-order valence-electron chi connectivity index (χ4n) is 3.01. The Kier molecular flexibility index (Phi) is 4.05. The van der Waals surface area contributed by atoms with Crippen molar-refractivity contribution >= 4 is 32.6 Å². The molecule has 0 bridgehead atoms. The van der Waals surface area contributed by atoms with E-state index < -0.39 is 0 Å². The van der Waals surface area contributed by atoms with E-state index in [1.54, 1.807) is 6.92 Å². The van der Waals surface area contributed by atoms with E-state index in [4.69, 9.17) is 4.52 Å². The lowest BCUT2D eigenvalue weighted by molar-refractivity contribution is 0.102. The van der Waals surface area contributed by atoms with E-state index in [-0.39, 0.29) is 5.91 Å². The Morgan fingerprint density at radius 3 is 2.65 bits per heavy atom. The molecule has 0 aliphatic rings. The van der Waals surface area contributed by atoms with Crippen molar-refractivity contribution in [2.24, 2.45) is 0 Å². The minimum absolute atomic E-state index is 0.268. The predicted molar refractivity (Wildman–Crippen MR) is 104 cm³/mol. The zero-order valence-electron chi connectivity index (χ0n) is 14.7. The number of hydrogen-bond donors (Lipinski definition) is 1. The van der Waals surface area contributed by atoms with Gasteiger partial charge in [0.25, 0.3) is 5.91 Å². The molecule has 0 atom stereocenters. The van der Waals surface area contributed by atoms with E-state index >= 15 is 0 Å². The van der Waals surface area contributed by atoms with Crippen LogP contribution in [-0.2, 0) is 0 Å². The van der Waals surface area contributed by atoms with Crippen LogP contribution in [-0.4, -0.2) is 16.0 Å². The maximum atomic E-state index is 12.9. The number of anilines is 1. The molecule has 5 nitrogen and oxygen atoms in total. The second kappa shape index (κ2) is 6.38. The second-order valence-corrected chi connectivity index (χ2v) is 7.27. The summed E-state index contributed by atoms with van der Waals surface area (Å²) in [5.41, 5.74) is 4.99. The molecule has 1 amide bonds. The Morgan fingerprint density at radius 1 is 1.12 bits per heavy atom. The van der Waals surface area contributed by atoms with E-state index in [2.05, 4.69) is 34.5 Å². The van der Waals surface area contributed by atoms with Gasteiger partial charge in [-0.2, -0.15) is 0 Å². The lowest BCUT2D eigenvalue weighted by Crippen LogP contribution is -2.13. The van der Waals surface area contributed by atoms with Crippen molar-refractivity contribution in [3.05, 3.63) is 64.8 Å². The van der Waals surface area contributed by atoms with Crippen LogP contribution in [0.4, 0.5) is 5.13 Å². The molecule has 0 unspecified atom stereocenters. The number of nitrogens with zero attached hydrogens (tertiary/aromatic N) is 2. The van der Waals surface area contributed by atoms with Gasteiger partial charge in [0.15, 0.2) is 10.9 Å². The average molecular weight is 363 g/mol. The van der Waals surface area contributed by atoms with Crippen LogP contribution in [0.2, 0.25) is 0 Å². The highest BCUT2D eigenvalue weighted by Crippen LogP contribution is 2.31. The molecule has 4 rings (SSSR count). The van der Waals surface area contributed by atoms with Crippen LogP contribution >= 0.6 is 11.3 Å². The van der Waals surface area contributed by atoms with E-state index in [1.807, 2.05) is 37.3 Å². The van der Waals surface area contributed by atoms with Gasteiger partial charge in [-0.05, 0) is 38.0 Å². The molecule has 0 spiro atoms. The first kappa shape index (κ1) is 16.5. The van der Waals surface area contributed by atoms with E-state index in [1.165, 1.54) is 16.9 Å². The second-order valence-electron chi connectivity index (χ2n) is 6.24. The van der Waals surface area contributed by atoms with Crippen molar-refractivity contribution in [3.63, 3.8) is 0 Å². The van der Waals surface area contributed by atoms with Gasteiger partial charge in [0, 0.05) is 5.56 Å². The van der Waals surface area contributed by atoms with E-state index in [0.717, 1.165) is 21.3 Å². The number of benzene rings is 2. The Labute approximate surface area is 154 Å². The molecule has 0 radical (unpaired) electrons. The summed E-state index contributed by atoms with van der Waals surface area (Å²) in [6, 6.07) is 13.7. The summed E-state index contributed by atoms with van der Waals surface area (Å²) in [6.07, 6.45) is 0. The zero-order chi connectivity index (χ0) is 18.3. The van der Waals surface area contributed by atoms with Crippen LogP contribution < -0.4 is 5.32 Å². The number of hydrogen-bond acceptors (Lipinski definition) is 5. The molecule has 130 valence electrons. The third-order valence-electron chi connectivity index (χ3n) is 4.18. The first-order chi connectivity index (χ1) is 12.5. The smallest absolute Gasteiger partial charge is 0.263 e. The Morgan fingerprint density at radius 2 is 1.88 bits per heavy atom. The summed E-state index contributed by atoms with van der Waals surface area (Å²) in [7, 11) is 0. The van der Waals surface area contributed by atoms with Crippen LogP contribution in [0.25, 0.3) is 21.5 Å². The largest absolute Gasteiger partial charge is 0.355 e. The van der Waals surface area contributed by atoms with Gasteiger partial charge in [-0.25, -0.2) is 4.98 Å². The van der Waals surface area contributed by atoms with E-state index in [9.17, 15) is 4.79 Å². The van der Waals surface area contributed by atoms with Gasteiger partial charge in [0.1, 0.15) is 5.56 Å². The van der Waals surface area contributed by atoms with Crippen molar-refractivity contribution in [1.29, 1.82) is 0 Å². The van der Waals surface area contributed by atoms with Gasteiger partial charge >= 0.3 is 0 Å². The van der Waals surface area contributed by atoms with Gasteiger partial charge < -0.3 is 4.52 Å². The summed E-state index contributed by atoms with van der Waals surface area (Å²) < 4.78 is 6.46. The zero-order valence-corrected chi connectivity index (χ0v) is 15.5. The number of carbonyl (C=O) groups is 1. The highest BCUT2D eigenvalue weighted by Gasteiger charge is 2.22. The Bertz CT molecular complexity index is 1110. The van der Waals surface area contributed by atoms with E-state index in [0.29, 0.717) is 22.1 Å². The molecule has 6 heteroatoms. The van der Waals surface area contributed by atoms with Crippen LogP contribution in [0.15, 0.2) is 47.0 Å². The monoisotopic (exact) mass is 363 g/mol. The Balaban J connectivity index is 1.70. The molecule has 0 aliphatic carbocycles. The molecule has 0 fully saturated rings. The molecule has 1 N–H and O–H groups in total. The number of fused-ring (bicyclic) bond motifs is 1. The summed E-state index contributed by atoms with van der Waals surface area (Å²) >= 11 is 1.46. The fraction of sp³-hybridized carbons (Fsp3) is 0.150. The van der Waals surface area contributed by atoms with Gasteiger partial charge in [0.2, 0.25) is 0 Å². The van der Waals surface area contributed by atoms with Gasteiger partial charge in [-0.15, -0.1) is 0 Å². The van der Waals surface area contributed by atoms with Gasteiger partial charge in [-0.1, -0.05) is 52.9 Å². The average Bonchev–Trinajstić information content (AvgIpc) is 3.19. The maximum Gasteiger partial charge on any atom is 0.263 e. The van der Waals surface area contributed by atoms with Crippen LogP contribution in [0, 0.1) is 20.8 Å². The predicted octanol–water partition coefficient (Wildman–Crippen LogP) is 5.13. The molecule has 0 aliphatic heterocycles. The minimum atomic E-state index is -0.268. The number of rotatable bonds is 3. The van der Waals surface area contributed by atoms with Crippen molar-refractivity contribution in [2.75, 3.05) is 5.32 Å². The normalized spacial score (nSPS) is 11.0. The van der Waals surface area contributed by atoms with Crippen molar-refractivity contribution in [3.8, 4) is 11.3 Å². The maximum absolute atomic E-state index is 12.9. The van der Waals surface area contributed by atoms with Crippen LogP contribution in [0.5, 0.6) is 0 Å². The quantitative estimate of drug-likeness (QED) is 0.548. The molecular formula is C20H17N3O2S. The van der Waals surface area contributed by atoms with Crippen LogP contribution in [0.3, 0.4) is 0 Å². The number of carbonyl (C=O) groups excluding carboxylic acids is 1. The number of aryl methyl sites for hydroxylation is 3. The first-order valence-corrected chi connectivity index (χ1v) is 9.05. The third kappa shape index (κ3) is 2.88. The number of aromatic nitrogens is 2. The molecule has 2 heterocycles. The minimum Gasteiger partial charge on any atom is -0.355 e. The number of amides is 1. The number of thiazole rings is 1. The summed E-state index contributed by atoms with van der Waals surface area (Å²) in [4.78, 5) is 17.4. The molecule has 26 heavy (non-hydrogen) atoms. The summed E-state index contributed by atoms with van der Waals surface area (Å²) in [5, 5.41) is 7.44. The SMILES string of the molecule is Cc1cc(C)c2nc(NC(=O)c3c(C)noc3-c3ccccc3)sc2c1. The summed E-state index contributed by atoms with van der Waals surface area (Å²) in [6.45, 7) is 5.84. The summed E-state index contributed by atoms with van der Waals surface area (Å²) in [5.74, 6) is 0.199. The Hall–Kier alpha value is -2.99. The number of nitrogens with one attached hydrogen (secondary N) is 1. The van der Waals surface area contributed by atoms with Crippen molar-refractivity contribution < 1.29 is 9.32 Å². The third-order valence-corrected chi connectivity index (χ3v) is 5.09. The lowest BCUT2D eigenvalue weighted by Gasteiger charge is -2.02. The molecule has 0 saturated carbocycles. The molecule has 0 saturated heterocycles. The highest BCUT2D eigenvalue weighted by molar-refractivity contribution is 7.22. The van der Waals surface area contributed by atoms with Gasteiger partial charge in [-0.3, -0.25) is 10.1 Å².